The summed E-state index contributed by atoms with van der Waals surface area (Å²) in [6, 6.07) is 0. The first-order chi connectivity index (χ1) is 33.0. The second kappa shape index (κ2) is 54.2. The minimum atomic E-state index is -0.852. The molecule has 1 unspecified atom stereocenters. The summed E-state index contributed by atoms with van der Waals surface area (Å²) < 4.78 is 16.6. The molecule has 0 spiro atoms. The first kappa shape index (κ1) is 62.5. The van der Waals surface area contributed by atoms with Crippen molar-refractivity contribution in [2.24, 2.45) is 0 Å². The zero-order valence-electron chi connectivity index (χ0n) is 42.9. The van der Waals surface area contributed by atoms with Gasteiger partial charge >= 0.3 is 17.9 Å². The maximum atomic E-state index is 12.7. The van der Waals surface area contributed by atoms with E-state index in [1.54, 1.807) is 0 Å². The van der Waals surface area contributed by atoms with Gasteiger partial charge in [-0.1, -0.05) is 219 Å². The highest BCUT2D eigenvalue weighted by molar-refractivity contribution is 5.71. The molecule has 0 amide bonds. The summed E-state index contributed by atoms with van der Waals surface area (Å²) in [6.07, 6.45) is 76.2. The van der Waals surface area contributed by atoms with E-state index >= 15 is 0 Å². The van der Waals surface area contributed by atoms with Crippen LogP contribution in [0.15, 0.2) is 134 Å². The molecule has 6 nitrogen and oxygen atoms in total. The van der Waals surface area contributed by atoms with Crippen molar-refractivity contribution in [1.29, 1.82) is 0 Å². The van der Waals surface area contributed by atoms with Gasteiger partial charge in [0, 0.05) is 19.3 Å². The van der Waals surface area contributed by atoms with Crippen LogP contribution in [0.2, 0.25) is 0 Å². The topological polar surface area (TPSA) is 78.9 Å². The summed E-state index contributed by atoms with van der Waals surface area (Å²) in [5.41, 5.74) is 0. The number of hydrogen-bond donors (Lipinski definition) is 0. The summed E-state index contributed by atoms with van der Waals surface area (Å²) in [5.74, 6) is -1.12. The number of unbranched alkanes of at least 4 members (excludes halogenated alkanes) is 13. The molecule has 0 aromatic heterocycles. The lowest BCUT2D eigenvalue weighted by Crippen LogP contribution is -2.30. The number of carbonyl (C=O) groups is 3. The van der Waals surface area contributed by atoms with Gasteiger partial charge < -0.3 is 14.2 Å². The minimum absolute atomic E-state index is 0.137. The molecule has 0 saturated carbocycles. The van der Waals surface area contributed by atoms with Gasteiger partial charge in [-0.3, -0.25) is 14.4 Å². The zero-order valence-corrected chi connectivity index (χ0v) is 42.9. The van der Waals surface area contributed by atoms with Crippen molar-refractivity contribution in [2.75, 3.05) is 13.2 Å². The molecule has 0 aliphatic rings. The molecule has 0 N–H and O–H groups in total. The first-order valence-electron chi connectivity index (χ1n) is 26.7. The Balaban J connectivity index is 4.47. The Morgan fingerprint density at radius 1 is 0.313 bits per heavy atom. The number of ether oxygens (including phenoxy) is 3. The Hall–Kier alpha value is -4.45. The van der Waals surface area contributed by atoms with E-state index in [0.29, 0.717) is 19.3 Å². The van der Waals surface area contributed by atoms with Crippen LogP contribution in [0, 0.1) is 0 Å². The molecule has 0 fully saturated rings. The van der Waals surface area contributed by atoms with E-state index < -0.39 is 12.1 Å². The third kappa shape index (κ3) is 52.4. The minimum Gasteiger partial charge on any atom is -0.462 e. The fourth-order valence-corrected chi connectivity index (χ4v) is 6.71. The molecule has 0 aromatic carbocycles. The number of allylic oxidation sites excluding steroid dienone is 22. The van der Waals surface area contributed by atoms with Crippen molar-refractivity contribution in [3.63, 3.8) is 0 Å². The SMILES string of the molecule is CC/C=C\C/C=C\C/C=C\C/C=C\CCC(=O)OCC(COC(=O)CCCCCCCCCC/C=C\C/C=C\C/C=C\CCCCCCC)OC(=O)CC/C=C\C/C=C\C/C=C\C/C=C\CC. The van der Waals surface area contributed by atoms with Crippen LogP contribution in [0.4, 0.5) is 0 Å². The van der Waals surface area contributed by atoms with E-state index in [0.717, 1.165) is 89.9 Å². The summed E-state index contributed by atoms with van der Waals surface area (Å²) >= 11 is 0. The van der Waals surface area contributed by atoms with E-state index in [-0.39, 0.29) is 38.0 Å². The molecule has 67 heavy (non-hydrogen) atoms. The molecule has 0 bridgehead atoms. The van der Waals surface area contributed by atoms with E-state index in [4.69, 9.17) is 14.2 Å². The second-order valence-electron chi connectivity index (χ2n) is 17.0. The van der Waals surface area contributed by atoms with Gasteiger partial charge in [0.05, 0.1) is 0 Å². The molecule has 6 heteroatoms. The van der Waals surface area contributed by atoms with Crippen LogP contribution in [-0.2, 0) is 28.6 Å². The van der Waals surface area contributed by atoms with E-state index in [1.165, 1.54) is 70.6 Å². The fraction of sp³-hybridized carbons (Fsp3) is 0.590. The molecule has 0 aliphatic carbocycles. The molecule has 0 aromatic rings. The van der Waals surface area contributed by atoms with Crippen molar-refractivity contribution in [2.45, 2.75) is 219 Å². The number of esters is 3. The molecular formula is C61H96O6. The normalized spacial score (nSPS) is 13.2. The molecule has 0 rings (SSSR count). The Morgan fingerprint density at radius 2 is 0.612 bits per heavy atom. The van der Waals surface area contributed by atoms with Gasteiger partial charge in [-0.2, -0.15) is 0 Å². The van der Waals surface area contributed by atoms with E-state index in [9.17, 15) is 14.4 Å². The monoisotopic (exact) mass is 925 g/mol. The van der Waals surface area contributed by atoms with Gasteiger partial charge in [-0.25, -0.2) is 0 Å². The van der Waals surface area contributed by atoms with Gasteiger partial charge in [0.25, 0.3) is 0 Å². The molecule has 0 saturated heterocycles. The fourth-order valence-electron chi connectivity index (χ4n) is 6.71. The van der Waals surface area contributed by atoms with Crippen molar-refractivity contribution in [3.8, 4) is 0 Å². The zero-order chi connectivity index (χ0) is 48.6. The third-order valence-electron chi connectivity index (χ3n) is 10.6. The molecule has 0 heterocycles. The average Bonchev–Trinajstić information content (AvgIpc) is 3.33. The lowest BCUT2D eigenvalue weighted by Gasteiger charge is -2.18. The highest BCUT2D eigenvalue weighted by Crippen LogP contribution is 2.13. The van der Waals surface area contributed by atoms with Crippen molar-refractivity contribution in [3.05, 3.63) is 134 Å². The highest BCUT2D eigenvalue weighted by atomic mass is 16.6. The Bertz CT molecular complexity index is 1480. The quantitative estimate of drug-likeness (QED) is 0.0262. The van der Waals surface area contributed by atoms with E-state index in [2.05, 4.69) is 130 Å². The van der Waals surface area contributed by atoms with Crippen LogP contribution >= 0.6 is 0 Å². The standard InChI is InChI=1S/C61H96O6/c1-4-7-10-13-16-19-22-25-26-27-28-29-30-31-32-33-34-37-39-42-45-48-51-54-60(63)66-57-58(67-61(64)55-52-49-46-43-40-36-24-21-18-15-12-9-6-3)56-65-59(62)53-50-47-44-41-38-35-23-20-17-14-11-8-5-2/h8-9,11-12,17-18,20-22,25,27-28,30-31,35-36,38,40,44,46-47,49,58H,4-7,10,13-16,19,23-24,26,29,32-34,37,39,41-43,45,48,50-57H2,1-3H3/b11-8-,12-9-,20-17-,21-18-,25-22-,28-27-,31-30-,38-35-,40-36-,47-44-,49-46-. The van der Waals surface area contributed by atoms with Crippen LogP contribution in [0.1, 0.15) is 213 Å². The van der Waals surface area contributed by atoms with Crippen LogP contribution < -0.4 is 0 Å². The maximum absolute atomic E-state index is 12.7. The first-order valence-corrected chi connectivity index (χ1v) is 26.7. The average molecular weight is 925 g/mol. The Kier molecular flexibility index (Phi) is 50.6. The second-order valence-corrected chi connectivity index (χ2v) is 17.0. The predicted octanol–water partition coefficient (Wildman–Crippen LogP) is 17.9. The highest BCUT2D eigenvalue weighted by Gasteiger charge is 2.19. The predicted molar refractivity (Wildman–Crippen MR) is 288 cm³/mol. The van der Waals surface area contributed by atoms with Gasteiger partial charge in [0.15, 0.2) is 6.10 Å². The lowest BCUT2D eigenvalue weighted by atomic mass is 10.1. The smallest absolute Gasteiger partial charge is 0.306 e. The Labute approximate surface area is 411 Å². The maximum Gasteiger partial charge on any atom is 0.306 e. The van der Waals surface area contributed by atoms with Crippen LogP contribution in [0.5, 0.6) is 0 Å². The Morgan fingerprint density at radius 3 is 1.00 bits per heavy atom. The molecular weight excluding hydrogens is 829 g/mol. The number of hydrogen-bond acceptors (Lipinski definition) is 6. The summed E-state index contributed by atoms with van der Waals surface area (Å²) in [6.45, 7) is 6.24. The van der Waals surface area contributed by atoms with Gasteiger partial charge in [-0.05, 0) is 109 Å². The number of rotatable bonds is 46. The summed E-state index contributed by atoms with van der Waals surface area (Å²) in [5, 5.41) is 0. The van der Waals surface area contributed by atoms with Crippen molar-refractivity contribution in [1.82, 2.24) is 0 Å². The summed E-state index contributed by atoms with van der Waals surface area (Å²) in [4.78, 5) is 37.9. The third-order valence-corrected chi connectivity index (χ3v) is 10.6. The van der Waals surface area contributed by atoms with Crippen molar-refractivity contribution < 1.29 is 28.6 Å². The number of carbonyl (C=O) groups excluding carboxylic acids is 3. The lowest BCUT2D eigenvalue weighted by molar-refractivity contribution is -0.166. The van der Waals surface area contributed by atoms with Gasteiger partial charge in [-0.15, -0.1) is 0 Å². The summed E-state index contributed by atoms with van der Waals surface area (Å²) in [7, 11) is 0. The van der Waals surface area contributed by atoms with Crippen LogP contribution in [0.3, 0.4) is 0 Å². The molecule has 376 valence electrons. The van der Waals surface area contributed by atoms with Gasteiger partial charge in [0.1, 0.15) is 13.2 Å². The molecule has 1 atom stereocenters. The van der Waals surface area contributed by atoms with Crippen molar-refractivity contribution >= 4 is 17.9 Å². The molecule has 0 radical (unpaired) electrons. The van der Waals surface area contributed by atoms with Crippen LogP contribution in [0.25, 0.3) is 0 Å². The van der Waals surface area contributed by atoms with Crippen LogP contribution in [-0.4, -0.2) is 37.2 Å². The largest absolute Gasteiger partial charge is 0.462 e. The molecule has 0 aliphatic heterocycles. The van der Waals surface area contributed by atoms with Gasteiger partial charge in [0.2, 0.25) is 0 Å². The van der Waals surface area contributed by atoms with E-state index in [1.807, 2.05) is 24.3 Å².